The van der Waals surface area contributed by atoms with Gasteiger partial charge in [0.2, 0.25) is 11.8 Å². The second-order valence-corrected chi connectivity index (χ2v) is 8.76. The van der Waals surface area contributed by atoms with Crippen LogP contribution in [0.3, 0.4) is 0 Å². The lowest BCUT2D eigenvalue weighted by molar-refractivity contribution is -0.141. The second kappa shape index (κ2) is 7.74. The van der Waals surface area contributed by atoms with Crippen molar-refractivity contribution in [2.24, 2.45) is 11.3 Å². The molecule has 160 valence electrons. The van der Waals surface area contributed by atoms with Gasteiger partial charge in [0.05, 0.1) is 5.41 Å². The zero-order chi connectivity index (χ0) is 21.5. The quantitative estimate of drug-likeness (QED) is 0.770. The van der Waals surface area contributed by atoms with Gasteiger partial charge in [0.25, 0.3) is 5.91 Å². The van der Waals surface area contributed by atoms with Crippen LogP contribution in [-0.4, -0.2) is 72.1 Å². The fourth-order valence-electron chi connectivity index (χ4n) is 4.85. The predicted molar refractivity (Wildman–Crippen MR) is 112 cm³/mol. The Labute approximate surface area is 176 Å². The van der Waals surface area contributed by atoms with E-state index in [4.69, 9.17) is 4.42 Å². The van der Waals surface area contributed by atoms with Gasteiger partial charge in [-0.15, -0.1) is 5.10 Å². The lowest BCUT2D eigenvalue weighted by Crippen LogP contribution is -2.47. The highest BCUT2D eigenvalue weighted by atomic mass is 16.4. The number of carbonyl (C=O) groups excluding carboxylic acids is 2. The molecule has 3 heterocycles. The number of carbonyl (C=O) groups is 2. The molecule has 0 spiro atoms. The zero-order valence-corrected chi connectivity index (χ0v) is 18.1. The Balaban J connectivity index is 1.63. The molecule has 1 aromatic carbocycles. The molecule has 2 aromatic rings. The van der Waals surface area contributed by atoms with E-state index in [1.54, 1.807) is 25.9 Å². The van der Waals surface area contributed by atoms with Gasteiger partial charge in [-0.2, -0.15) is 0 Å². The number of hydrogen-bond donors (Lipinski definition) is 0. The van der Waals surface area contributed by atoms with Crippen molar-refractivity contribution in [3.05, 3.63) is 41.3 Å². The van der Waals surface area contributed by atoms with E-state index in [2.05, 4.69) is 10.2 Å². The van der Waals surface area contributed by atoms with Gasteiger partial charge in [-0.1, -0.05) is 22.8 Å². The summed E-state index contributed by atoms with van der Waals surface area (Å²) in [6.45, 7) is 6.10. The molecule has 4 rings (SSSR count). The normalized spacial score (nSPS) is 23.8. The number of rotatable bonds is 3. The zero-order valence-electron chi connectivity index (χ0n) is 18.1. The van der Waals surface area contributed by atoms with E-state index in [1.165, 1.54) is 0 Å². The van der Waals surface area contributed by atoms with Gasteiger partial charge in [0, 0.05) is 58.7 Å². The van der Waals surface area contributed by atoms with Crippen LogP contribution in [0.4, 0.5) is 6.01 Å². The van der Waals surface area contributed by atoms with Crippen molar-refractivity contribution in [1.29, 1.82) is 0 Å². The number of aryl methyl sites for hydroxylation is 2. The van der Waals surface area contributed by atoms with E-state index in [9.17, 15) is 9.59 Å². The SMILES string of the molecule is Cc1ccc(C(=O)N2CCC[C@]3(C(=O)N(C)C)CN(c4nnc(C)o4)C[C@@H]3C2)cc1. The largest absolute Gasteiger partial charge is 0.408 e. The van der Waals surface area contributed by atoms with Crippen LogP contribution in [-0.2, 0) is 4.79 Å². The summed E-state index contributed by atoms with van der Waals surface area (Å²) in [5.41, 5.74) is 1.25. The average Bonchev–Trinajstić information content (AvgIpc) is 3.26. The van der Waals surface area contributed by atoms with Gasteiger partial charge in [0.15, 0.2) is 0 Å². The third kappa shape index (κ3) is 3.55. The van der Waals surface area contributed by atoms with E-state index in [1.807, 2.05) is 41.0 Å². The molecule has 0 aliphatic carbocycles. The van der Waals surface area contributed by atoms with Crippen molar-refractivity contribution in [1.82, 2.24) is 20.0 Å². The van der Waals surface area contributed by atoms with Gasteiger partial charge in [0.1, 0.15) is 0 Å². The molecule has 0 N–H and O–H groups in total. The van der Waals surface area contributed by atoms with Crippen LogP contribution in [0.2, 0.25) is 0 Å². The highest BCUT2D eigenvalue weighted by Gasteiger charge is 2.55. The maximum atomic E-state index is 13.3. The van der Waals surface area contributed by atoms with E-state index in [0.717, 1.165) is 18.4 Å². The number of fused-ring (bicyclic) bond motifs is 1. The first-order chi connectivity index (χ1) is 14.3. The number of nitrogens with zero attached hydrogens (tertiary/aromatic N) is 5. The molecular weight excluding hydrogens is 382 g/mol. The number of aromatic nitrogens is 2. The van der Waals surface area contributed by atoms with E-state index < -0.39 is 5.41 Å². The fraction of sp³-hybridized carbons (Fsp3) is 0.545. The summed E-state index contributed by atoms with van der Waals surface area (Å²) < 4.78 is 5.64. The summed E-state index contributed by atoms with van der Waals surface area (Å²) in [5.74, 6) is 0.629. The van der Waals surface area contributed by atoms with E-state index in [-0.39, 0.29) is 17.7 Å². The Kier molecular flexibility index (Phi) is 5.26. The lowest BCUT2D eigenvalue weighted by atomic mass is 9.74. The number of anilines is 1. The number of hydrogen-bond acceptors (Lipinski definition) is 6. The maximum Gasteiger partial charge on any atom is 0.318 e. The average molecular weight is 412 g/mol. The van der Waals surface area contributed by atoms with Crippen LogP contribution in [0.25, 0.3) is 0 Å². The van der Waals surface area contributed by atoms with Crippen LogP contribution in [0.5, 0.6) is 0 Å². The highest BCUT2D eigenvalue weighted by molar-refractivity contribution is 5.94. The van der Waals surface area contributed by atoms with Crippen LogP contribution < -0.4 is 4.90 Å². The van der Waals surface area contributed by atoms with Crippen molar-refractivity contribution in [2.45, 2.75) is 26.7 Å². The molecule has 0 saturated carbocycles. The molecule has 2 aliphatic heterocycles. The molecule has 0 bridgehead atoms. The van der Waals surface area contributed by atoms with Gasteiger partial charge < -0.3 is 19.1 Å². The van der Waals surface area contributed by atoms with Crippen LogP contribution in [0.1, 0.15) is 34.7 Å². The molecular formula is C22H29N5O3. The van der Waals surface area contributed by atoms with Crippen LogP contribution in [0, 0.1) is 25.2 Å². The monoisotopic (exact) mass is 411 g/mol. The minimum Gasteiger partial charge on any atom is -0.408 e. The molecule has 2 atom stereocenters. The van der Waals surface area contributed by atoms with Crippen molar-refractivity contribution in [2.75, 3.05) is 45.2 Å². The Morgan fingerprint density at radius 3 is 2.50 bits per heavy atom. The molecule has 8 nitrogen and oxygen atoms in total. The molecule has 0 unspecified atom stereocenters. The number of likely N-dealkylation sites (tertiary alicyclic amines) is 1. The number of benzene rings is 1. The summed E-state index contributed by atoms with van der Waals surface area (Å²) in [6, 6.07) is 8.12. The van der Waals surface area contributed by atoms with Crippen LogP contribution in [0.15, 0.2) is 28.7 Å². The molecule has 0 radical (unpaired) electrons. The molecule has 2 amide bonds. The maximum absolute atomic E-state index is 13.3. The van der Waals surface area contributed by atoms with Gasteiger partial charge in [-0.25, -0.2) is 0 Å². The third-order valence-corrected chi connectivity index (χ3v) is 6.39. The molecule has 2 fully saturated rings. The summed E-state index contributed by atoms with van der Waals surface area (Å²) in [4.78, 5) is 32.1. The van der Waals surface area contributed by atoms with Crippen molar-refractivity contribution < 1.29 is 14.0 Å². The Hall–Kier alpha value is -2.90. The third-order valence-electron chi connectivity index (χ3n) is 6.39. The minimum absolute atomic E-state index is 0.00324. The first-order valence-electron chi connectivity index (χ1n) is 10.4. The van der Waals surface area contributed by atoms with Crippen molar-refractivity contribution in [3.8, 4) is 0 Å². The summed E-state index contributed by atoms with van der Waals surface area (Å²) >= 11 is 0. The smallest absolute Gasteiger partial charge is 0.318 e. The standard InChI is InChI=1S/C22H29N5O3/c1-15-6-8-17(9-7-15)19(28)26-11-5-10-22(20(29)25(3)4)14-27(13-18(22)12-26)21-24-23-16(2)30-21/h6-9,18H,5,10-14H2,1-4H3/t18-,22-/m0/s1. The summed E-state index contributed by atoms with van der Waals surface area (Å²) in [6.07, 6.45) is 1.51. The first-order valence-corrected chi connectivity index (χ1v) is 10.4. The van der Waals surface area contributed by atoms with Gasteiger partial charge in [-0.05, 0) is 31.9 Å². The van der Waals surface area contributed by atoms with Gasteiger partial charge in [-0.3, -0.25) is 9.59 Å². The molecule has 8 heteroatoms. The second-order valence-electron chi connectivity index (χ2n) is 8.76. The molecule has 1 aromatic heterocycles. The number of amides is 2. The molecule has 2 aliphatic rings. The first kappa shape index (κ1) is 20.4. The van der Waals surface area contributed by atoms with Crippen molar-refractivity contribution in [3.63, 3.8) is 0 Å². The molecule has 2 saturated heterocycles. The topological polar surface area (TPSA) is 82.8 Å². The fourth-order valence-corrected chi connectivity index (χ4v) is 4.85. The lowest BCUT2D eigenvalue weighted by Gasteiger charge is -2.34. The van der Waals surface area contributed by atoms with Gasteiger partial charge >= 0.3 is 6.01 Å². The van der Waals surface area contributed by atoms with Crippen molar-refractivity contribution >= 4 is 17.8 Å². The van der Waals surface area contributed by atoms with E-state index >= 15 is 0 Å². The Morgan fingerprint density at radius 1 is 1.13 bits per heavy atom. The van der Waals surface area contributed by atoms with Crippen LogP contribution >= 0.6 is 0 Å². The Morgan fingerprint density at radius 2 is 1.87 bits per heavy atom. The van der Waals surface area contributed by atoms with E-state index in [0.29, 0.717) is 43.6 Å². The minimum atomic E-state index is -0.561. The Bertz CT molecular complexity index is 939. The summed E-state index contributed by atoms with van der Waals surface area (Å²) in [5, 5.41) is 8.10. The summed E-state index contributed by atoms with van der Waals surface area (Å²) in [7, 11) is 3.60. The molecule has 30 heavy (non-hydrogen) atoms. The highest BCUT2D eigenvalue weighted by Crippen LogP contribution is 2.45. The predicted octanol–water partition coefficient (Wildman–Crippen LogP) is 2.13.